The zero-order valence-corrected chi connectivity index (χ0v) is 13.4. The first kappa shape index (κ1) is 14.8. The number of fused-ring (bicyclic) bond motifs is 3. The number of likely N-dealkylation sites (tertiary alicyclic amines) is 1. The van der Waals surface area contributed by atoms with Gasteiger partial charge in [-0.2, -0.15) is 0 Å². The molecule has 9 heteroatoms. The van der Waals surface area contributed by atoms with E-state index in [0.717, 1.165) is 5.52 Å². The van der Waals surface area contributed by atoms with Crippen molar-refractivity contribution in [3.05, 3.63) is 27.6 Å². The van der Waals surface area contributed by atoms with Crippen molar-refractivity contribution in [1.29, 1.82) is 0 Å². The molecule has 1 aliphatic heterocycles. The van der Waals surface area contributed by atoms with Crippen LogP contribution >= 0.6 is 11.3 Å². The van der Waals surface area contributed by atoms with Crippen LogP contribution in [0.2, 0.25) is 0 Å². The fourth-order valence-corrected chi connectivity index (χ4v) is 4.13. The number of aromatic nitrogens is 4. The normalized spacial score (nSPS) is 22.6. The average molecular weight is 335 g/mol. The smallest absolute Gasteiger partial charge is 0.272 e. The first-order chi connectivity index (χ1) is 11.1. The largest absolute Gasteiger partial charge is 0.395 e. The van der Waals surface area contributed by atoms with Crippen molar-refractivity contribution in [2.75, 3.05) is 13.2 Å². The number of nitrogens with zero attached hydrogens (tertiary/aromatic N) is 5. The second-order valence-electron chi connectivity index (χ2n) is 5.91. The molecule has 23 heavy (non-hydrogen) atoms. The van der Waals surface area contributed by atoms with E-state index in [0.29, 0.717) is 35.8 Å². The van der Waals surface area contributed by atoms with Gasteiger partial charge in [-0.1, -0.05) is 0 Å². The molecule has 1 saturated heterocycles. The molecule has 0 amide bonds. The maximum absolute atomic E-state index is 12.3. The third-order valence-electron chi connectivity index (χ3n) is 4.46. The van der Waals surface area contributed by atoms with E-state index in [2.05, 4.69) is 10.2 Å². The second kappa shape index (κ2) is 5.38. The lowest BCUT2D eigenvalue weighted by molar-refractivity contribution is 0.147. The summed E-state index contributed by atoms with van der Waals surface area (Å²) in [5, 5.41) is 29.6. The molecule has 0 radical (unpaired) electrons. The maximum Gasteiger partial charge on any atom is 0.272 e. The highest BCUT2D eigenvalue weighted by Crippen LogP contribution is 2.23. The molecule has 8 nitrogen and oxygen atoms in total. The van der Waals surface area contributed by atoms with E-state index in [9.17, 15) is 15.0 Å². The number of β-amino-alcohol motifs (C(OH)–C–C–N with tert-alkyl or cyclic N) is 1. The number of hydrogen-bond acceptors (Lipinski definition) is 7. The number of thiophene rings is 1. The number of aryl methyl sites for hydroxylation is 1. The minimum Gasteiger partial charge on any atom is -0.395 e. The lowest BCUT2D eigenvalue weighted by atomic mass is 10.2. The van der Waals surface area contributed by atoms with Crippen LogP contribution in [0.25, 0.3) is 16.0 Å². The van der Waals surface area contributed by atoms with Crippen LogP contribution < -0.4 is 5.56 Å². The van der Waals surface area contributed by atoms with Crippen LogP contribution in [-0.2, 0) is 13.6 Å². The van der Waals surface area contributed by atoms with E-state index in [1.165, 1.54) is 15.9 Å². The van der Waals surface area contributed by atoms with Gasteiger partial charge in [-0.05, 0) is 17.9 Å². The van der Waals surface area contributed by atoms with Crippen molar-refractivity contribution >= 4 is 27.3 Å². The summed E-state index contributed by atoms with van der Waals surface area (Å²) in [6.45, 7) is 0.964. The monoisotopic (exact) mass is 335 g/mol. The fraction of sp³-hybridized carbons (Fsp3) is 0.500. The molecule has 0 bridgehead atoms. The summed E-state index contributed by atoms with van der Waals surface area (Å²) in [5.41, 5.74) is 0.722. The summed E-state index contributed by atoms with van der Waals surface area (Å²) < 4.78 is 4.05. The molecule has 122 valence electrons. The van der Waals surface area contributed by atoms with Crippen LogP contribution in [0.4, 0.5) is 0 Å². The van der Waals surface area contributed by atoms with Crippen molar-refractivity contribution in [3.63, 3.8) is 0 Å². The summed E-state index contributed by atoms with van der Waals surface area (Å²) in [6.07, 6.45) is 0.122. The molecule has 0 unspecified atom stereocenters. The van der Waals surface area contributed by atoms with E-state index >= 15 is 0 Å². The van der Waals surface area contributed by atoms with E-state index in [-0.39, 0.29) is 18.2 Å². The van der Waals surface area contributed by atoms with Gasteiger partial charge in [0.1, 0.15) is 4.70 Å². The fourth-order valence-electron chi connectivity index (χ4n) is 3.28. The minimum absolute atomic E-state index is 0.000143. The molecule has 0 spiro atoms. The highest BCUT2D eigenvalue weighted by atomic mass is 32.1. The highest BCUT2D eigenvalue weighted by Gasteiger charge is 2.31. The molecule has 2 N–H and O–H groups in total. The van der Waals surface area contributed by atoms with Gasteiger partial charge in [-0.15, -0.1) is 21.5 Å². The summed E-state index contributed by atoms with van der Waals surface area (Å²) in [4.78, 5) is 14.3. The predicted octanol–water partition coefficient (Wildman–Crippen LogP) is -0.430. The Morgan fingerprint density at radius 3 is 3.04 bits per heavy atom. The number of aliphatic hydroxyl groups is 2. The first-order valence-corrected chi connectivity index (χ1v) is 8.31. The molecular formula is C14H17N5O3S. The molecule has 1 fully saturated rings. The summed E-state index contributed by atoms with van der Waals surface area (Å²) in [5.74, 6) is 1.20. The Labute approximate surface area is 135 Å². The molecule has 3 aromatic rings. The number of rotatable bonds is 3. The van der Waals surface area contributed by atoms with Gasteiger partial charge in [-0.25, -0.2) is 0 Å². The molecule has 3 aromatic heterocycles. The highest BCUT2D eigenvalue weighted by molar-refractivity contribution is 7.17. The lowest BCUT2D eigenvalue weighted by Gasteiger charge is -2.21. The van der Waals surface area contributed by atoms with Crippen molar-refractivity contribution in [3.8, 4) is 0 Å². The zero-order chi connectivity index (χ0) is 16.1. The molecule has 0 aromatic carbocycles. The zero-order valence-electron chi connectivity index (χ0n) is 12.6. The lowest BCUT2D eigenvalue weighted by Crippen LogP contribution is -2.32. The topological polar surface area (TPSA) is 95.9 Å². The molecule has 1 aliphatic rings. The van der Waals surface area contributed by atoms with Gasteiger partial charge in [0.2, 0.25) is 5.78 Å². The van der Waals surface area contributed by atoms with Crippen LogP contribution in [0.5, 0.6) is 0 Å². The third-order valence-corrected chi connectivity index (χ3v) is 5.35. The van der Waals surface area contributed by atoms with Crippen LogP contribution in [0.1, 0.15) is 12.2 Å². The van der Waals surface area contributed by atoms with Crippen LogP contribution in [-0.4, -0.2) is 59.6 Å². The molecule has 4 heterocycles. The quantitative estimate of drug-likeness (QED) is 0.674. The van der Waals surface area contributed by atoms with Crippen LogP contribution in [0, 0.1) is 0 Å². The van der Waals surface area contributed by atoms with Crippen LogP contribution in [0.15, 0.2) is 16.2 Å². The Kier molecular flexibility index (Phi) is 3.45. The van der Waals surface area contributed by atoms with Crippen LogP contribution in [0.3, 0.4) is 0 Å². The summed E-state index contributed by atoms with van der Waals surface area (Å²) in [7, 11) is 1.69. The van der Waals surface area contributed by atoms with Gasteiger partial charge < -0.3 is 10.2 Å². The van der Waals surface area contributed by atoms with Gasteiger partial charge in [0.15, 0.2) is 5.82 Å². The van der Waals surface area contributed by atoms with Gasteiger partial charge in [0, 0.05) is 19.6 Å². The van der Waals surface area contributed by atoms with Gasteiger partial charge in [0.25, 0.3) is 5.56 Å². The van der Waals surface area contributed by atoms with E-state index in [1.54, 1.807) is 7.05 Å². The minimum atomic E-state index is -0.433. The Balaban J connectivity index is 1.84. The Morgan fingerprint density at radius 1 is 1.43 bits per heavy atom. The van der Waals surface area contributed by atoms with E-state index < -0.39 is 6.10 Å². The van der Waals surface area contributed by atoms with Gasteiger partial charge in [0.05, 0.1) is 24.8 Å². The average Bonchev–Trinajstić information content (AvgIpc) is 3.23. The maximum atomic E-state index is 12.3. The van der Waals surface area contributed by atoms with E-state index in [1.807, 2.05) is 20.7 Å². The number of hydrogen-bond donors (Lipinski definition) is 2. The number of aliphatic hydroxyl groups excluding tert-OH is 2. The summed E-state index contributed by atoms with van der Waals surface area (Å²) >= 11 is 1.40. The Bertz CT molecular complexity index is 930. The van der Waals surface area contributed by atoms with E-state index in [4.69, 9.17) is 0 Å². The molecule has 2 atom stereocenters. The third kappa shape index (κ3) is 2.19. The van der Waals surface area contributed by atoms with Gasteiger partial charge >= 0.3 is 0 Å². The molecular weight excluding hydrogens is 318 g/mol. The second-order valence-corrected chi connectivity index (χ2v) is 6.82. The Morgan fingerprint density at radius 2 is 2.26 bits per heavy atom. The molecule has 4 rings (SSSR count). The van der Waals surface area contributed by atoms with Gasteiger partial charge in [-0.3, -0.25) is 18.7 Å². The predicted molar refractivity (Wildman–Crippen MR) is 85.5 cm³/mol. The Hall–Kier alpha value is -1.81. The van der Waals surface area contributed by atoms with Crippen molar-refractivity contribution in [2.45, 2.75) is 25.1 Å². The summed E-state index contributed by atoms with van der Waals surface area (Å²) in [6, 6.07) is 1.81. The molecule has 0 saturated carbocycles. The van der Waals surface area contributed by atoms with Crippen molar-refractivity contribution in [1.82, 2.24) is 24.1 Å². The SMILES string of the molecule is Cn1c(=O)c2sccc2n2c(CN3C[C@@H](O)C[C@H]3CO)nnc12. The standard InChI is InChI=1S/C14H17N5O3S/c1-17-13(22)12-10(2-3-23-12)19-11(15-16-14(17)19)6-18-5-9(21)4-8(18)7-20/h2-3,8-9,20-21H,4-7H2,1H3/t8-,9-/m0/s1. The van der Waals surface area contributed by atoms with Crippen molar-refractivity contribution in [2.24, 2.45) is 7.05 Å². The van der Waals surface area contributed by atoms with Crippen molar-refractivity contribution < 1.29 is 10.2 Å². The first-order valence-electron chi connectivity index (χ1n) is 7.43. The molecule has 0 aliphatic carbocycles.